The van der Waals surface area contributed by atoms with Crippen LogP contribution in [-0.4, -0.2) is 41.2 Å². The van der Waals surface area contributed by atoms with E-state index in [-0.39, 0.29) is 27.9 Å². The van der Waals surface area contributed by atoms with Gasteiger partial charge in [0.2, 0.25) is 15.0 Å². The average molecular weight is 493 g/mol. The van der Waals surface area contributed by atoms with Gasteiger partial charge in [-0.25, -0.2) is 17.2 Å². The van der Waals surface area contributed by atoms with E-state index in [0.29, 0.717) is 29.5 Å². The molecule has 3 aromatic rings. The van der Waals surface area contributed by atoms with E-state index in [1.54, 1.807) is 0 Å². The molecule has 0 saturated carbocycles. The van der Waals surface area contributed by atoms with Crippen molar-refractivity contribution >= 4 is 38.7 Å². The molecule has 1 saturated heterocycles. The Morgan fingerprint density at radius 2 is 1.85 bits per heavy atom. The molecule has 8 nitrogen and oxygen atoms in total. The molecule has 0 spiro atoms. The highest BCUT2D eigenvalue weighted by atomic mass is 32.2. The first-order chi connectivity index (χ1) is 15.7. The number of hydrogen-bond acceptors (Lipinski definition) is 7. The smallest absolute Gasteiger partial charge is 0.286 e. The minimum Gasteiger partial charge on any atom is -0.317 e. The second-order valence-electron chi connectivity index (χ2n) is 7.38. The SMILES string of the molecule is CC(=O)c1ccc(S(=O)(=O)N2CCCC2c2nnc(C(=O)Nc3ccc(F)cc3F)s2)cc1. The highest BCUT2D eigenvalue weighted by Crippen LogP contribution is 2.37. The molecular weight excluding hydrogens is 474 g/mol. The van der Waals surface area contributed by atoms with E-state index in [1.807, 2.05) is 0 Å². The fraction of sp³-hybridized carbons (Fsp3) is 0.238. The summed E-state index contributed by atoms with van der Waals surface area (Å²) >= 11 is 0.906. The van der Waals surface area contributed by atoms with Crippen LogP contribution in [0.25, 0.3) is 0 Å². The van der Waals surface area contributed by atoms with Gasteiger partial charge in [-0.15, -0.1) is 10.2 Å². The maximum absolute atomic E-state index is 13.8. The normalized spacial score (nSPS) is 16.6. The number of aromatic nitrogens is 2. The van der Waals surface area contributed by atoms with E-state index in [1.165, 1.54) is 35.5 Å². The molecule has 12 heteroatoms. The van der Waals surface area contributed by atoms with Gasteiger partial charge < -0.3 is 5.32 Å². The van der Waals surface area contributed by atoms with Crippen LogP contribution in [0.1, 0.15) is 51.0 Å². The fourth-order valence-corrected chi connectivity index (χ4v) is 6.11. The summed E-state index contributed by atoms with van der Waals surface area (Å²) in [6.45, 7) is 1.66. The Bertz CT molecular complexity index is 1330. The maximum Gasteiger partial charge on any atom is 0.286 e. The van der Waals surface area contributed by atoms with Crippen LogP contribution in [0.15, 0.2) is 47.4 Å². The summed E-state index contributed by atoms with van der Waals surface area (Å²) in [7, 11) is -3.87. The molecule has 2 heterocycles. The molecule has 33 heavy (non-hydrogen) atoms. The Labute approximate surface area is 192 Å². The minimum atomic E-state index is -3.87. The van der Waals surface area contributed by atoms with Crippen molar-refractivity contribution in [2.75, 3.05) is 11.9 Å². The Kier molecular flexibility index (Phi) is 6.32. The number of hydrogen-bond donors (Lipinski definition) is 1. The van der Waals surface area contributed by atoms with E-state index in [2.05, 4.69) is 15.5 Å². The lowest BCUT2D eigenvalue weighted by Crippen LogP contribution is -2.30. The molecule has 4 rings (SSSR count). The van der Waals surface area contributed by atoms with E-state index in [0.717, 1.165) is 23.5 Å². The molecule has 1 N–H and O–H groups in total. The van der Waals surface area contributed by atoms with Crippen molar-refractivity contribution in [2.24, 2.45) is 0 Å². The summed E-state index contributed by atoms with van der Waals surface area (Å²) in [5.74, 6) is -2.62. The predicted octanol–water partition coefficient (Wildman–Crippen LogP) is 3.80. The van der Waals surface area contributed by atoms with Crippen LogP contribution < -0.4 is 5.32 Å². The van der Waals surface area contributed by atoms with Gasteiger partial charge in [-0.1, -0.05) is 23.5 Å². The topological polar surface area (TPSA) is 109 Å². The summed E-state index contributed by atoms with van der Waals surface area (Å²) in [6.07, 6.45) is 1.09. The number of carbonyl (C=O) groups excluding carboxylic acids is 2. The van der Waals surface area contributed by atoms with E-state index < -0.39 is 33.6 Å². The molecule has 1 aliphatic rings. The van der Waals surface area contributed by atoms with Crippen LogP contribution in [0.5, 0.6) is 0 Å². The lowest BCUT2D eigenvalue weighted by molar-refractivity contribution is 0.101. The van der Waals surface area contributed by atoms with Gasteiger partial charge in [-0.2, -0.15) is 4.31 Å². The zero-order valence-electron chi connectivity index (χ0n) is 17.3. The number of carbonyl (C=O) groups is 2. The third kappa shape index (κ3) is 4.68. The summed E-state index contributed by atoms with van der Waals surface area (Å²) in [4.78, 5) is 24.0. The third-order valence-electron chi connectivity index (χ3n) is 5.17. The second-order valence-corrected chi connectivity index (χ2v) is 10.3. The van der Waals surface area contributed by atoms with E-state index in [9.17, 15) is 26.8 Å². The highest BCUT2D eigenvalue weighted by Gasteiger charge is 2.38. The molecule has 0 radical (unpaired) electrons. The first kappa shape index (κ1) is 23.1. The van der Waals surface area contributed by atoms with Crippen LogP contribution in [-0.2, 0) is 10.0 Å². The van der Waals surface area contributed by atoms with E-state index in [4.69, 9.17) is 0 Å². The Balaban J connectivity index is 1.54. The number of rotatable bonds is 6. The fourth-order valence-electron chi connectivity index (χ4n) is 3.50. The number of amides is 1. The molecule has 0 bridgehead atoms. The number of nitrogens with zero attached hydrogens (tertiary/aromatic N) is 3. The van der Waals surface area contributed by atoms with Gasteiger partial charge in [-0.3, -0.25) is 9.59 Å². The van der Waals surface area contributed by atoms with Crippen LogP contribution in [0, 0.1) is 11.6 Å². The summed E-state index contributed by atoms with van der Waals surface area (Å²) in [5.41, 5.74) is 0.196. The van der Waals surface area contributed by atoms with Crippen molar-refractivity contribution in [3.63, 3.8) is 0 Å². The lowest BCUT2D eigenvalue weighted by atomic mass is 10.2. The summed E-state index contributed by atoms with van der Waals surface area (Å²) in [5, 5.41) is 10.4. The summed E-state index contributed by atoms with van der Waals surface area (Å²) in [6, 6.07) is 7.83. The Morgan fingerprint density at radius 1 is 1.12 bits per heavy atom. The molecule has 1 fully saturated rings. The van der Waals surface area contributed by atoms with Crippen molar-refractivity contribution in [1.82, 2.24) is 14.5 Å². The molecule has 1 unspecified atom stereocenters. The first-order valence-electron chi connectivity index (χ1n) is 9.89. The van der Waals surface area contributed by atoms with Crippen molar-refractivity contribution < 1.29 is 26.8 Å². The molecular formula is C21H18F2N4O4S2. The molecule has 1 amide bonds. The Hall–Kier alpha value is -3.09. The standard InChI is InChI=1S/C21H18F2N4O4S2/c1-12(28)13-4-7-15(8-5-13)33(30,31)27-10-2-3-18(27)20-25-26-21(32-20)19(29)24-17-9-6-14(22)11-16(17)23/h4-9,11,18H,2-3,10H2,1H3,(H,24,29). The van der Waals surface area contributed by atoms with Gasteiger partial charge >= 0.3 is 0 Å². The van der Waals surface area contributed by atoms with Gasteiger partial charge in [0.1, 0.15) is 16.6 Å². The van der Waals surface area contributed by atoms with Gasteiger partial charge in [0.15, 0.2) is 5.78 Å². The highest BCUT2D eigenvalue weighted by molar-refractivity contribution is 7.89. The minimum absolute atomic E-state index is 0.0497. The monoisotopic (exact) mass is 492 g/mol. The third-order valence-corrected chi connectivity index (χ3v) is 8.12. The van der Waals surface area contributed by atoms with Crippen LogP contribution in [0.4, 0.5) is 14.5 Å². The van der Waals surface area contributed by atoms with Gasteiger partial charge in [-0.05, 0) is 44.0 Å². The van der Waals surface area contributed by atoms with Crippen molar-refractivity contribution in [2.45, 2.75) is 30.7 Å². The molecule has 1 aliphatic heterocycles. The van der Waals surface area contributed by atoms with Gasteiger partial charge in [0.05, 0.1) is 16.6 Å². The number of anilines is 1. The van der Waals surface area contributed by atoms with Gasteiger partial charge in [0, 0.05) is 18.2 Å². The number of Topliss-reactive ketones (excluding diaryl/α,β-unsaturated/α-hetero) is 1. The van der Waals surface area contributed by atoms with Crippen LogP contribution in [0.3, 0.4) is 0 Å². The van der Waals surface area contributed by atoms with Crippen LogP contribution >= 0.6 is 11.3 Å². The molecule has 2 aromatic carbocycles. The average Bonchev–Trinajstić information content (AvgIpc) is 3.45. The zero-order chi connectivity index (χ0) is 23.8. The number of benzene rings is 2. The van der Waals surface area contributed by atoms with E-state index >= 15 is 0 Å². The number of halogens is 2. The number of nitrogens with one attached hydrogen (secondary N) is 1. The molecule has 1 aromatic heterocycles. The summed E-state index contributed by atoms with van der Waals surface area (Å²) < 4.78 is 54.6. The van der Waals surface area contributed by atoms with Crippen molar-refractivity contribution in [3.8, 4) is 0 Å². The second kappa shape index (κ2) is 9.04. The quantitative estimate of drug-likeness (QED) is 0.525. The molecule has 172 valence electrons. The maximum atomic E-state index is 13.8. The molecule has 0 aliphatic carbocycles. The van der Waals surface area contributed by atoms with Crippen molar-refractivity contribution in [3.05, 3.63) is 69.7 Å². The van der Waals surface area contributed by atoms with Gasteiger partial charge in [0.25, 0.3) is 5.91 Å². The zero-order valence-corrected chi connectivity index (χ0v) is 18.9. The molecule has 1 atom stereocenters. The first-order valence-corrected chi connectivity index (χ1v) is 12.1. The van der Waals surface area contributed by atoms with Crippen LogP contribution in [0.2, 0.25) is 0 Å². The van der Waals surface area contributed by atoms with Crippen molar-refractivity contribution in [1.29, 1.82) is 0 Å². The predicted molar refractivity (Wildman–Crippen MR) is 117 cm³/mol. The lowest BCUT2D eigenvalue weighted by Gasteiger charge is -2.22. The largest absolute Gasteiger partial charge is 0.317 e. The number of ketones is 1. The Morgan fingerprint density at radius 3 is 2.52 bits per heavy atom. The number of sulfonamides is 1.